The SMILES string of the molecule is Cc1ccc(-c2cc(C(=O)N3CCN(c4cccc(C(F)(F)F)c4)CC3)n(-c3ccc(F)cc3)n2)cc1C. The molecule has 1 saturated heterocycles. The minimum atomic E-state index is -4.42. The molecule has 196 valence electrons. The third-order valence-electron chi connectivity index (χ3n) is 6.91. The summed E-state index contributed by atoms with van der Waals surface area (Å²) in [4.78, 5) is 17.2. The Morgan fingerprint density at radius 3 is 2.18 bits per heavy atom. The number of nitrogens with zero attached hydrogens (tertiary/aromatic N) is 4. The Bertz CT molecular complexity index is 1470. The molecule has 3 aromatic carbocycles. The molecule has 5 rings (SSSR count). The zero-order chi connectivity index (χ0) is 27.0. The second kappa shape index (κ2) is 9.96. The molecule has 0 bridgehead atoms. The second-order valence-corrected chi connectivity index (χ2v) is 9.43. The van der Waals surface area contributed by atoms with Gasteiger partial charge < -0.3 is 9.80 Å². The normalized spacial score (nSPS) is 14.2. The Kier molecular flexibility index (Phi) is 6.69. The molecule has 1 amide bonds. The second-order valence-electron chi connectivity index (χ2n) is 9.43. The maximum absolute atomic E-state index is 13.7. The van der Waals surface area contributed by atoms with Crippen molar-refractivity contribution in [3.8, 4) is 16.9 Å². The third-order valence-corrected chi connectivity index (χ3v) is 6.91. The summed E-state index contributed by atoms with van der Waals surface area (Å²) in [6.45, 7) is 5.48. The van der Waals surface area contributed by atoms with Crippen LogP contribution in [0.5, 0.6) is 0 Å². The first kappa shape index (κ1) is 25.5. The number of piperazine rings is 1. The molecule has 1 fully saturated rings. The van der Waals surface area contributed by atoms with E-state index in [4.69, 9.17) is 5.10 Å². The Morgan fingerprint density at radius 2 is 1.53 bits per heavy atom. The lowest BCUT2D eigenvalue weighted by molar-refractivity contribution is -0.137. The average Bonchev–Trinajstić information content (AvgIpc) is 3.35. The molecule has 0 radical (unpaired) electrons. The highest BCUT2D eigenvalue weighted by molar-refractivity contribution is 5.94. The van der Waals surface area contributed by atoms with Crippen LogP contribution in [0.1, 0.15) is 27.2 Å². The highest BCUT2D eigenvalue weighted by atomic mass is 19.4. The number of aromatic nitrogens is 2. The third kappa shape index (κ3) is 5.14. The zero-order valence-electron chi connectivity index (χ0n) is 21.0. The summed E-state index contributed by atoms with van der Waals surface area (Å²) < 4.78 is 54.6. The van der Waals surface area contributed by atoms with Crippen molar-refractivity contribution >= 4 is 11.6 Å². The Morgan fingerprint density at radius 1 is 0.816 bits per heavy atom. The molecule has 9 heteroatoms. The largest absolute Gasteiger partial charge is 0.416 e. The predicted molar refractivity (Wildman–Crippen MR) is 138 cm³/mol. The van der Waals surface area contributed by atoms with Gasteiger partial charge in [0.15, 0.2) is 0 Å². The molecule has 2 heterocycles. The van der Waals surface area contributed by atoms with E-state index in [-0.39, 0.29) is 5.91 Å². The monoisotopic (exact) mass is 522 g/mol. The lowest BCUT2D eigenvalue weighted by Gasteiger charge is -2.36. The van der Waals surface area contributed by atoms with Crippen molar-refractivity contribution in [1.29, 1.82) is 0 Å². The topological polar surface area (TPSA) is 41.4 Å². The molecule has 0 atom stereocenters. The van der Waals surface area contributed by atoms with Gasteiger partial charge in [-0.05, 0) is 79.6 Å². The van der Waals surface area contributed by atoms with Crippen LogP contribution in [0.25, 0.3) is 16.9 Å². The lowest BCUT2D eigenvalue weighted by Crippen LogP contribution is -2.49. The predicted octanol–water partition coefficient (Wildman–Crippen LogP) is 6.28. The van der Waals surface area contributed by atoms with Gasteiger partial charge in [-0.25, -0.2) is 9.07 Å². The number of amides is 1. The van der Waals surface area contributed by atoms with Crippen molar-refractivity contribution in [3.05, 3.63) is 101 Å². The number of aryl methyl sites for hydroxylation is 2. The van der Waals surface area contributed by atoms with E-state index < -0.39 is 17.6 Å². The minimum Gasteiger partial charge on any atom is -0.368 e. The number of carbonyl (C=O) groups excluding carboxylic acids is 1. The lowest BCUT2D eigenvalue weighted by atomic mass is 10.0. The van der Waals surface area contributed by atoms with Crippen LogP contribution < -0.4 is 4.90 Å². The summed E-state index contributed by atoms with van der Waals surface area (Å²) in [6, 6.07) is 18.7. The van der Waals surface area contributed by atoms with Gasteiger partial charge >= 0.3 is 6.18 Å². The van der Waals surface area contributed by atoms with Gasteiger partial charge in [0.05, 0.1) is 16.9 Å². The van der Waals surface area contributed by atoms with Crippen LogP contribution in [0.3, 0.4) is 0 Å². The molecule has 0 aliphatic carbocycles. The molecular formula is C29H26F4N4O. The number of benzene rings is 3. The minimum absolute atomic E-state index is 0.249. The molecule has 1 aliphatic heterocycles. The van der Waals surface area contributed by atoms with Crippen molar-refractivity contribution in [2.45, 2.75) is 20.0 Å². The van der Waals surface area contributed by atoms with Crippen LogP contribution >= 0.6 is 0 Å². The van der Waals surface area contributed by atoms with E-state index in [1.54, 1.807) is 29.2 Å². The summed E-state index contributed by atoms with van der Waals surface area (Å²) in [5.74, 6) is -0.644. The maximum Gasteiger partial charge on any atom is 0.416 e. The highest BCUT2D eigenvalue weighted by Gasteiger charge is 2.32. The molecule has 5 nitrogen and oxygen atoms in total. The smallest absolute Gasteiger partial charge is 0.368 e. The van der Waals surface area contributed by atoms with Gasteiger partial charge in [0.1, 0.15) is 11.5 Å². The van der Waals surface area contributed by atoms with Crippen molar-refractivity contribution in [2.75, 3.05) is 31.1 Å². The van der Waals surface area contributed by atoms with Gasteiger partial charge in [0, 0.05) is 37.4 Å². The Hall–Kier alpha value is -4.14. The van der Waals surface area contributed by atoms with E-state index in [1.807, 2.05) is 36.9 Å². The van der Waals surface area contributed by atoms with Crippen molar-refractivity contribution in [3.63, 3.8) is 0 Å². The number of alkyl halides is 3. The molecule has 1 aromatic heterocycles. The van der Waals surface area contributed by atoms with Gasteiger partial charge in [0.25, 0.3) is 5.91 Å². The average molecular weight is 523 g/mol. The van der Waals surface area contributed by atoms with Crippen molar-refractivity contribution in [1.82, 2.24) is 14.7 Å². The summed E-state index contributed by atoms with van der Waals surface area (Å²) in [5, 5.41) is 4.69. The van der Waals surface area contributed by atoms with Crippen LogP contribution in [0.15, 0.2) is 72.8 Å². The van der Waals surface area contributed by atoms with Crippen LogP contribution in [0, 0.1) is 19.7 Å². The molecule has 38 heavy (non-hydrogen) atoms. The fourth-order valence-corrected chi connectivity index (χ4v) is 4.56. The van der Waals surface area contributed by atoms with Gasteiger partial charge in [-0.15, -0.1) is 0 Å². The van der Waals surface area contributed by atoms with Crippen molar-refractivity contribution < 1.29 is 22.4 Å². The number of anilines is 1. The fourth-order valence-electron chi connectivity index (χ4n) is 4.56. The van der Waals surface area contributed by atoms with Crippen LogP contribution in [-0.4, -0.2) is 46.8 Å². The number of hydrogen-bond acceptors (Lipinski definition) is 3. The molecule has 4 aromatic rings. The number of carbonyl (C=O) groups is 1. The van der Waals surface area contributed by atoms with Crippen molar-refractivity contribution in [2.24, 2.45) is 0 Å². The number of halogens is 4. The molecular weight excluding hydrogens is 496 g/mol. The van der Waals surface area contributed by atoms with Gasteiger partial charge in [-0.1, -0.05) is 18.2 Å². The maximum atomic E-state index is 13.7. The highest BCUT2D eigenvalue weighted by Crippen LogP contribution is 2.32. The van der Waals surface area contributed by atoms with E-state index >= 15 is 0 Å². The Balaban J connectivity index is 1.41. The zero-order valence-corrected chi connectivity index (χ0v) is 21.0. The van der Waals surface area contributed by atoms with E-state index in [2.05, 4.69) is 0 Å². The summed E-state index contributed by atoms with van der Waals surface area (Å²) >= 11 is 0. The first-order chi connectivity index (χ1) is 18.1. The van der Waals surface area contributed by atoms with Gasteiger partial charge in [-0.2, -0.15) is 18.3 Å². The van der Waals surface area contributed by atoms with E-state index in [9.17, 15) is 22.4 Å². The molecule has 0 unspecified atom stereocenters. The standard InChI is InChI=1S/C29H26F4N4O/c1-19-6-7-21(16-20(19)2)26-18-27(37(34-26)24-10-8-23(30)9-11-24)28(38)36-14-12-35(13-15-36)25-5-3-4-22(17-25)29(31,32)33/h3-11,16-18H,12-15H2,1-2H3. The van der Waals surface area contributed by atoms with Gasteiger partial charge in [0.2, 0.25) is 0 Å². The molecule has 1 aliphatic rings. The first-order valence-electron chi connectivity index (χ1n) is 12.3. The van der Waals surface area contributed by atoms with Crippen LogP contribution in [0.2, 0.25) is 0 Å². The molecule has 0 N–H and O–H groups in total. The van der Waals surface area contributed by atoms with Gasteiger partial charge in [-0.3, -0.25) is 4.79 Å². The molecule has 0 saturated carbocycles. The van der Waals surface area contributed by atoms with Crippen LogP contribution in [0.4, 0.5) is 23.2 Å². The molecule has 0 spiro atoms. The summed E-state index contributed by atoms with van der Waals surface area (Å²) in [5.41, 5.74) is 4.36. The fraction of sp³-hybridized carbons (Fsp3) is 0.241. The quantitative estimate of drug-likeness (QED) is 0.297. The number of rotatable bonds is 4. The van der Waals surface area contributed by atoms with E-state index in [0.717, 1.165) is 28.8 Å². The van der Waals surface area contributed by atoms with E-state index in [0.29, 0.717) is 48.9 Å². The first-order valence-corrected chi connectivity index (χ1v) is 12.3. The van der Waals surface area contributed by atoms with Crippen LogP contribution in [-0.2, 0) is 6.18 Å². The van der Waals surface area contributed by atoms with E-state index in [1.165, 1.54) is 22.9 Å². The summed E-state index contributed by atoms with van der Waals surface area (Å²) in [7, 11) is 0. The Labute approximate surface area is 217 Å². The number of hydrogen-bond donors (Lipinski definition) is 0. The summed E-state index contributed by atoms with van der Waals surface area (Å²) in [6.07, 6.45) is -4.42.